The minimum absolute atomic E-state index is 0.0581. The topological polar surface area (TPSA) is 46.2 Å². The molecule has 0 aromatic heterocycles. The molecule has 3 nitrogen and oxygen atoms in total. The predicted molar refractivity (Wildman–Crippen MR) is 90.8 cm³/mol. The Balaban J connectivity index is 2.03. The molecule has 23 heavy (non-hydrogen) atoms. The molecule has 1 aromatic carbocycles. The largest absolute Gasteiger partial charge is 0.359 e. The van der Waals surface area contributed by atoms with Gasteiger partial charge in [-0.15, -0.1) is 5.73 Å². The van der Waals surface area contributed by atoms with E-state index in [9.17, 15) is 9.59 Å². The van der Waals surface area contributed by atoms with Crippen LogP contribution in [0.5, 0.6) is 0 Å². The van der Waals surface area contributed by atoms with E-state index in [0.29, 0.717) is 12.8 Å². The molecule has 3 heteroatoms. The van der Waals surface area contributed by atoms with Crippen molar-refractivity contribution in [1.29, 1.82) is 0 Å². The molecule has 2 atom stereocenters. The SMILES string of the molecule is C=C=C[C@]12C=CC(=O)C[C@H]1/C(=C(\C)Nc1ccccc1)C(=O)C2. The van der Waals surface area contributed by atoms with Gasteiger partial charge in [0.05, 0.1) is 0 Å². The Bertz CT molecular complexity index is 766. The van der Waals surface area contributed by atoms with E-state index < -0.39 is 5.41 Å². The van der Waals surface area contributed by atoms with Crippen molar-refractivity contribution in [1.82, 2.24) is 0 Å². The van der Waals surface area contributed by atoms with Crippen LogP contribution in [0.15, 0.2) is 72.1 Å². The molecule has 2 aliphatic rings. The summed E-state index contributed by atoms with van der Waals surface area (Å²) in [7, 11) is 0. The Morgan fingerprint density at radius 3 is 2.78 bits per heavy atom. The lowest BCUT2D eigenvalue weighted by molar-refractivity contribution is -0.116. The lowest BCUT2D eigenvalue weighted by Gasteiger charge is -2.31. The second-order valence-electron chi connectivity index (χ2n) is 6.15. The number of fused-ring (bicyclic) bond motifs is 1. The summed E-state index contributed by atoms with van der Waals surface area (Å²) < 4.78 is 0. The van der Waals surface area contributed by atoms with Gasteiger partial charge in [-0.25, -0.2) is 0 Å². The standard InChI is InChI=1S/C20H19NO2/c1-3-10-20-11-9-16(22)12-17(20)19(18(23)13-20)14(2)21-15-7-5-4-6-8-15/h4-11,17,21H,1,12-13H2,2H3/b19-14-/t17-,20+/m0/s1. The van der Waals surface area contributed by atoms with E-state index in [0.717, 1.165) is 17.0 Å². The number of Topliss-reactive ketones (excluding diaryl/α,β-unsaturated/α-hetero) is 1. The summed E-state index contributed by atoms with van der Waals surface area (Å²) in [6.07, 6.45) is 5.99. The molecule has 1 N–H and O–H groups in total. The predicted octanol–water partition coefficient (Wildman–Crippen LogP) is 3.82. The van der Waals surface area contributed by atoms with Gasteiger partial charge >= 0.3 is 0 Å². The Morgan fingerprint density at radius 1 is 1.35 bits per heavy atom. The fraction of sp³-hybridized carbons (Fsp3) is 0.250. The van der Waals surface area contributed by atoms with Crippen LogP contribution in [0.1, 0.15) is 19.8 Å². The van der Waals surface area contributed by atoms with Gasteiger partial charge in [0, 0.05) is 41.1 Å². The zero-order chi connectivity index (χ0) is 16.4. The number of para-hydroxylation sites is 1. The Morgan fingerprint density at radius 2 is 2.09 bits per heavy atom. The van der Waals surface area contributed by atoms with Crippen molar-refractivity contribution in [3.8, 4) is 0 Å². The maximum absolute atomic E-state index is 12.6. The second-order valence-corrected chi connectivity index (χ2v) is 6.15. The number of hydrogen-bond donors (Lipinski definition) is 1. The molecule has 0 saturated heterocycles. The van der Waals surface area contributed by atoms with Crippen molar-refractivity contribution in [3.05, 3.63) is 72.1 Å². The molecule has 116 valence electrons. The van der Waals surface area contributed by atoms with Crippen LogP contribution in [-0.2, 0) is 9.59 Å². The first-order valence-electron chi connectivity index (χ1n) is 7.71. The number of ketones is 2. The minimum Gasteiger partial charge on any atom is -0.359 e. The summed E-state index contributed by atoms with van der Waals surface area (Å²) in [4.78, 5) is 24.5. The average Bonchev–Trinajstić information content (AvgIpc) is 2.80. The Kier molecular flexibility index (Phi) is 3.89. The number of rotatable bonds is 3. The lowest BCUT2D eigenvalue weighted by atomic mass is 9.71. The molecule has 3 rings (SSSR count). The van der Waals surface area contributed by atoms with Crippen molar-refractivity contribution >= 4 is 17.3 Å². The molecule has 0 spiro atoms. The minimum atomic E-state index is -0.457. The molecule has 0 amide bonds. The summed E-state index contributed by atoms with van der Waals surface area (Å²) in [6, 6.07) is 9.72. The Hall–Kier alpha value is -2.64. The molecule has 0 heterocycles. The number of allylic oxidation sites excluding steroid dienone is 5. The number of hydrogen-bond acceptors (Lipinski definition) is 3. The van der Waals surface area contributed by atoms with Gasteiger partial charge < -0.3 is 5.32 Å². The van der Waals surface area contributed by atoms with E-state index in [4.69, 9.17) is 0 Å². The van der Waals surface area contributed by atoms with Gasteiger partial charge in [-0.1, -0.05) is 30.9 Å². The van der Waals surface area contributed by atoms with Gasteiger partial charge in [-0.2, -0.15) is 0 Å². The van der Waals surface area contributed by atoms with Gasteiger partial charge in [0.2, 0.25) is 0 Å². The van der Waals surface area contributed by atoms with Gasteiger partial charge in [0.1, 0.15) is 0 Å². The molecular weight excluding hydrogens is 286 g/mol. The van der Waals surface area contributed by atoms with Crippen LogP contribution in [0.25, 0.3) is 0 Å². The van der Waals surface area contributed by atoms with Gasteiger partial charge in [0.15, 0.2) is 11.6 Å². The van der Waals surface area contributed by atoms with Gasteiger partial charge in [-0.05, 0) is 31.2 Å². The number of carbonyl (C=O) groups is 2. The maximum atomic E-state index is 12.6. The Labute approximate surface area is 136 Å². The van der Waals surface area contributed by atoms with Crippen molar-refractivity contribution in [3.63, 3.8) is 0 Å². The van der Waals surface area contributed by atoms with Crippen LogP contribution in [0.3, 0.4) is 0 Å². The van der Waals surface area contributed by atoms with Gasteiger partial charge in [0.25, 0.3) is 0 Å². The van der Waals surface area contributed by atoms with E-state index in [1.165, 1.54) is 0 Å². The smallest absolute Gasteiger partial charge is 0.162 e. The van der Waals surface area contributed by atoms with Crippen LogP contribution in [0, 0.1) is 11.3 Å². The highest BCUT2D eigenvalue weighted by atomic mass is 16.1. The first-order chi connectivity index (χ1) is 11.1. The monoisotopic (exact) mass is 305 g/mol. The fourth-order valence-electron chi connectivity index (χ4n) is 3.61. The lowest BCUT2D eigenvalue weighted by Crippen LogP contribution is -2.28. The molecule has 1 aromatic rings. The molecule has 0 bridgehead atoms. The number of anilines is 1. The number of nitrogens with one attached hydrogen (secondary N) is 1. The number of carbonyl (C=O) groups excluding carboxylic acids is 2. The molecule has 0 radical (unpaired) electrons. The zero-order valence-corrected chi connectivity index (χ0v) is 13.1. The third-order valence-electron chi connectivity index (χ3n) is 4.63. The van der Waals surface area contributed by atoms with Crippen molar-refractivity contribution in [2.24, 2.45) is 11.3 Å². The van der Waals surface area contributed by atoms with E-state index >= 15 is 0 Å². The normalized spacial score (nSPS) is 28.1. The third kappa shape index (κ3) is 2.71. The van der Waals surface area contributed by atoms with Crippen molar-refractivity contribution < 1.29 is 9.59 Å². The van der Waals surface area contributed by atoms with Crippen molar-refractivity contribution in [2.75, 3.05) is 5.32 Å². The van der Waals surface area contributed by atoms with E-state index in [1.54, 1.807) is 6.08 Å². The summed E-state index contributed by atoms with van der Waals surface area (Å²) in [6.45, 7) is 5.55. The van der Waals surface area contributed by atoms with E-state index in [-0.39, 0.29) is 17.5 Å². The van der Waals surface area contributed by atoms with Crippen molar-refractivity contribution in [2.45, 2.75) is 19.8 Å². The van der Waals surface area contributed by atoms with Crippen LogP contribution in [0.2, 0.25) is 0 Å². The van der Waals surface area contributed by atoms with E-state index in [2.05, 4.69) is 17.6 Å². The quantitative estimate of drug-likeness (QED) is 0.682. The highest BCUT2D eigenvalue weighted by molar-refractivity contribution is 6.04. The van der Waals surface area contributed by atoms with Gasteiger partial charge in [-0.3, -0.25) is 9.59 Å². The molecule has 2 aliphatic carbocycles. The van der Waals surface area contributed by atoms with Crippen LogP contribution >= 0.6 is 0 Å². The zero-order valence-electron chi connectivity index (χ0n) is 13.1. The number of benzene rings is 1. The summed E-state index contributed by atoms with van der Waals surface area (Å²) in [5.41, 5.74) is 4.82. The third-order valence-corrected chi connectivity index (χ3v) is 4.63. The molecule has 0 aliphatic heterocycles. The molecule has 0 unspecified atom stereocenters. The maximum Gasteiger partial charge on any atom is 0.162 e. The summed E-state index contributed by atoms with van der Waals surface area (Å²) in [5.74, 6) is 0.00235. The second kappa shape index (κ2) is 5.86. The first kappa shape index (κ1) is 15.3. The molecule has 1 saturated carbocycles. The molecular formula is C20H19NO2. The summed E-state index contributed by atoms with van der Waals surface area (Å²) in [5, 5.41) is 3.29. The van der Waals surface area contributed by atoms with Crippen LogP contribution in [0.4, 0.5) is 5.69 Å². The highest BCUT2D eigenvalue weighted by Crippen LogP contribution is 2.51. The van der Waals surface area contributed by atoms with E-state index in [1.807, 2.05) is 49.4 Å². The fourth-order valence-corrected chi connectivity index (χ4v) is 3.61. The molecule has 1 fully saturated rings. The van der Waals surface area contributed by atoms with Crippen LogP contribution < -0.4 is 5.32 Å². The summed E-state index contributed by atoms with van der Waals surface area (Å²) >= 11 is 0. The average molecular weight is 305 g/mol. The van der Waals surface area contributed by atoms with Crippen LogP contribution in [-0.4, -0.2) is 11.6 Å². The highest BCUT2D eigenvalue weighted by Gasteiger charge is 2.50. The first-order valence-corrected chi connectivity index (χ1v) is 7.71.